The van der Waals surface area contributed by atoms with Gasteiger partial charge in [-0.3, -0.25) is 14.8 Å². The summed E-state index contributed by atoms with van der Waals surface area (Å²) < 4.78 is 52.9. The van der Waals surface area contributed by atoms with Crippen LogP contribution < -0.4 is 5.32 Å². The first kappa shape index (κ1) is 22.2. The molecule has 3 aliphatic rings. The number of pyridine rings is 3. The molecule has 1 N–H and O–H groups in total. The molecule has 1 saturated carbocycles. The van der Waals surface area contributed by atoms with Crippen LogP contribution in [0.3, 0.4) is 0 Å². The summed E-state index contributed by atoms with van der Waals surface area (Å²) in [5.41, 5.74) is -0.358. The molecule has 2 bridgehead atoms. The van der Waals surface area contributed by atoms with Crippen molar-refractivity contribution in [2.75, 3.05) is 11.9 Å². The van der Waals surface area contributed by atoms with Gasteiger partial charge in [0.05, 0.1) is 17.2 Å². The fourth-order valence-electron chi connectivity index (χ4n) is 4.90. The number of hydrogen-bond donors (Lipinski definition) is 1. The van der Waals surface area contributed by atoms with E-state index in [0.717, 1.165) is 31.5 Å². The molecule has 0 radical (unpaired) electrons. The van der Waals surface area contributed by atoms with Crippen LogP contribution in [0.15, 0.2) is 55.0 Å². The lowest BCUT2D eigenvalue weighted by molar-refractivity contribution is -0.137. The highest BCUT2D eigenvalue weighted by atomic mass is 19.4. The fraction of sp³-hybridized carbons (Fsp3) is 0.333. The molecule has 6 nitrogen and oxygen atoms in total. The van der Waals surface area contributed by atoms with Crippen molar-refractivity contribution in [2.45, 2.75) is 37.5 Å². The molecule has 3 aromatic heterocycles. The molecule has 1 aliphatic carbocycles. The molecule has 34 heavy (non-hydrogen) atoms. The maximum atomic E-state index is 14.4. The van der Waals surface area contributed by atoms with Gasteiger partial charge < -0.3 is 10.2 Å². The normalized spacial score (nSPS) is 22.0. The Hall–Kier alpha value is -3.56. The number of carbonyl (C=O) groups excluding carboxylic acids is 1. The smallest absolute Gasteiger partial charge is 0.365 e. The number of rotatable bonds is 4. The number of aromatic nitrogens is 3. The SMILES string of the molecule is O=C(c1cccnc1-c1ncccc1F)N1CC2CC[C@H]1[C@H](Nc1ccc(C(F)(F)F)cn1)C2. The first-order valence-electron chi connectivity index (χ1n) is 11.0. The minimum atomic E-state index is -4.45. The maximum Gasteiger partial charge on any atom is 0.417 e. The molecule has 176 valence electrons. The lowest BCUT2D eigenvalue weighted by atomic mass is 9.76. The largest absolute Gasteiger partial charge is 0.417 e. The average molecular weight is 471 g/mol. The molecule has 2 saturated heterocycles. The van der Waals surface area contributed by atoms with Crippen molar-refractivity contribution in [2.24, 2.45) is 5.92 Å². The van der Waals surface area contributed by atoms with E-state index in [9.17, 15) is 22.4 Å². The van der Waals surface area contributed by atoms with Crippen LogP contribution in [0.5, 0.6) is 0 Å². The average Bonchev–Trinajstić information content (AvgIpc) is 2.84. The molecule has 3 atom stereocenters. The molecular formula is C24H21F4N5O. The third kappa shape index (κ3) is 4.20. The van der Waals surface area contributed by atoms with E-state index in [1.807, 2.05) is 0 Å². The van der Waals surface area contributed by atoms with E-state index in [2.05, 4.69) is 20.3 Å². The van der Waals surface area contributed by atoms with Crippen LogP contribution >= 0.6 is 0 Å². The molecule has 6 rings (SSSR count). The number of anilines is 1. The van der Waals surface area contributed by atoms with Gasteiger partial charge in [0, 0.05) is 31.2 Å². The Kier molecular flexibility index (Phi) is 5.66. The van der Waals surface area contributed by atoms with Gasteiger partial charge in [0.25, 0.3) is 5.91 Å². The van der Waals surface area contributed by atoms with Crippen molar-refractivity contribution in [3.63, 3.8) is 0 Å². The molecule has 1 amide bonds. The number of alkyl halides is 3. The first-order valence-corrected chi connectivity index (χ1v) is 11.0. The Balaban J connectivity index is 1.40. The molecule has 2 aliphatic heterocycles. The summed E-state index contributed by atoms with van der Waals surface area (Å²) in [6.07, 6.45) is 1.78. The molecule has 1 unspecified atom stereocenters. The summed E-state index contributed by atoms with van der Waals surface area (Å²) in [6, 6.07) is 7.94. The Bertz CT molecular complexity index is 1200. The quantitative estimate of drug-likeness (QED) is 0.554. The number of carbonyl (C=O) groups is 1. The summed E-state index contributed by atoms with van der Waals surface area (Å²) in [6.45, 7) is 0.557. The second kappa shape index (κ2) is 8.66. The number of fused-ring (bicyclic) bond motifs is 3. The minimum absolute atomic E-state index is 0.0113. The molecule has 3 aromatic rings. The number of piperidine rings is 2. The Labute approximate surface area is 193 Å². The van der Waals surface area contributed by atoms with Gasteiger partial charge in [0.1, 0.15) is 17.2 Å². The third-order valence-corrected chi connectivity index (χ3v) is 6.48. The highest BCUT2D eigenvalue weighted by Gasteiger charge is 2.44. The van der Waals surface area contributed by atoms with E-state index in [1.54, 1.807) is 17.0 Å². The van der Waals surface area contributed by atoms with Gasteiger partial charge in [-0.05, 0) is 61.6 Å². The van der Waals surface area contributed by atoms with E-state index >= 15 is 0 Å². The van der Waals surface area contributed by atoms with Crippen LogP contribution in [-0.4, -0.2) is 44.4 Å². The van der Waals surface area contributed by atoms with Crippen molar-refractivity contribution in [3.8, 4) is 11.4 Å². The highest BCUT2D eigenvalue weighted by molar-refractivity contribution is 6.00. The lowest BCUT2D eigenvalue weighted by Crippen LogP contribution is -2.59. The molecule has 0 spiro atoms. The van der Waals surface area contributed by atoms with E-state index in [0.29, 0.717) is 12.4 Å². The molecule has 5 heterocycles. The van der Waals surface area contributed by atoms with Crippen LogP contribution in [0.25, 0.3) is 11.4 Å². The fourth-order valence-corrected chi connectivity index (χ4v) is 4.90. The monoisotopic (exact) mass is 471 g/mol. The van der Waals surface area contributed by atoms with Gasteiger partial charge in [-0.25, -0.2) is 9.37 Å². The van der Waals surface area contributed by atoms with Gasteiger partial charge in [0.15, 0.2) is 5.82 Å². The zero-order chi connectivity index (χ0) is 23.9. The van der Waals surface area contributed by atoms with Gasteiger partial charge in [0.2, 0.25) is 0 Å². The van der Waals surface area contributed by atoms with Crippen molar-refractivity contribution in [3.05, 3.63) is 71.9 Å². The number of nitrogens with zero attached hydrogens (tertiary/aromatic N) is 4. The van der Waals surface area contributed by atoms with Crippen LogP contribution in [0.1, 0.15) is 35.2 Å². The second-order valence-electron chi connectivity index (χ2n) is 8.62. The van der Waals surface area contributed by atoms with Gasteiger partial charge in [-0.15, -0.1) is 0 Å². The third-order valence-electron chi connectivity index (χ3n) is 6.48. The minimum Gasteiger partial charge on any atom is -0.365 e. The number of halogens is 4. The van der Waals surface area contributed by atoms with Crippen molar-refractivity contribution in [1.29, 1.82) is 0 Å². The number of hydrogen-bond acceptors (Lipinski definition) is 5. The molecule has 0 aromatic carbocycles. The molecular weight excluding hydrogens is 450 g/mol. The summed E-state index contributed by atoms with van der Waals surface area (Å²) in [5.74, 6) is -0.263. The summed E-state index contributed by atoms with van der Waals surface area (Å²) in [5, 5.41) is 3.22. The first-order chi connectivity index (χ1) is 16.3. The predicted octanol–water partition coefficient (Wildman–Crippen LogP) is 4.80. The predicted molar refractivity (Wildman–Crippen MR) is 116 cm³/mol. The summed E-state index contributed by atoms with van der Waals surface area (Å²) >= 11 is 0. The van der Waals surface area contributed by atoms with Crippen molar-refractivity contribution in [1.82, 2.24) is 19.9 Å². The Morgan fingerprint density at radius 3 is 2.44 bits per heavy atom. The van der Waals surface area contributed by atoms with Crippen LogP contribution in [0.2, 0.25) is 0 Å². The maximum absolute atomic E-state index is 14.4. The Morgan fingerprint density at radius 1 is 1.00 bits per heavy atom. The van der Waals surface area contributed by atoms with E-state index < -0.39 is 17.6 Å². The summed E-state index contributed by atoms with van der Waals surface area (Å²) in [7, 11) is 0. The zero-order valence-corrected chi connectivity index (χ0v) is 18.0. The summed E-state index contributed by atoms with van der Waals surface area (Å²) in [4.78, 5) is 27.6. The standard InChI is InChI=1S/C24H21F4N5O/c25-17-4-2-10-30-22(17)21-16(3-1-9-29-21)23(34)33-13-14-5-7-19(33)18(11-14)32-20-8-6-15(12-31-20)24(26,27)28/h1-4,6,8-10,12,14,18-19H,5,7,11,13H2,(H,31,32)/t14?,18-,19+/m1/s1. The lowest BCUT2D eigenvalue weighted by Gasteiger charge is -2.50. The Morgan fingerprint density at radius 2 is 1.76 bits per heavy atom. The number of nitrogens with one attached hydrogen (secondary N) is 1. The van der Waals surface area contributed by atoms with E-state index in [1.165, 1.54) is 30.6 Å². The van der Waals surface area contributed by atoms with Crippen LogP contribution in [0.4, 0.5) is 23.4 Å². The van der Waals surface area contributed by atoms with Crippen molar-refractivity contribution < 1.29 is 22.4 Å². The molecule has 3 fully saturated rings. The van der Waals surface area contributed by atoms with Crippen LogP contribution in [0, 0.1) is 11.7 Å². The van der Waals surface area contributed by atoms with Crippen molar-refractivity contribution >= 4 is 11.7 Å². The van der Waals surface area contributed by atoms with E-state index in [-0.39, 0.29) is 40.9 Å². The van der Waals surface area contributed by atoms with E-state index in [4.69, 9.17) is 0 Å². The second-order valence-corrected chi connectivity index (χ2v) is 8.62. The van der Waals surface area contributed by atoms with Gasteiger partial charge in [-0.2, -0.15) is 13.2 Å². The number of amides is 1. The van der Waals surface area contributed by atoms with Gasteiger partial charge >= 0.3 is 6.18 Å². The zero-order valence-electron chi connectivity index (χ0n) is 18.0. The topological polar surface area (TPSA) is 71.0 Å². The van der Waals surface area contributed by atoms with Crippen LogP contribution in [-0.2, 0) is 6.18 Å². The highest BCUT2D eigenvalue weighted by Crippen LogP contribution is 2.38. The van der Waals surface area contributed by atoms with Gasteiger partial charge in [-0.1, -0.05) is 0 Å². The molecule has 10 heteroatoms.